The number of hydrogen-bond acceptors (Lipinski definition) is 2. The zero-order chi connectivity index (χ0) is 14.5. The molecule has 0 bridgehead atoms. The van der Waals surface area contributed by atoms with Gasteiger partial charge in [-0.1, -0.05) is 13.0 Å². The smallest absolute Gasteiger partial charge is 0.125 e. The Morgan fingerprint density at radius 3 is 2.85 bits per heavy atom. The van der Waals surface area contributed by atoms with Gasteiger partial charge < -0.3 is 9.88 Å². The SMILES string of the molecule is CCCNC(Cc1cc(F)ccc1C)c1nccn1C. The van der Waals surface area contributed by atoms with Crippen molar-refractivity contribution in [3.05, 3.63) is 53.4 Å². The van der Waals surface area contributed by atoms with E-state index in [1.807, 2.05) is 30.8 Å². The van der Waals surface area contributed by atoms with Crippen LogP contribution < -0.4 is 5.32 Å². The second-order valence-electron chi connectivity index (χ2n) is 5.18. The van der Waals surface area contributed by atoms with E-state index < -0.39 is 0 Å². The Bertz CT molecular complexity index is 563. The van der Waals surface area contributed by atoms with E-state index in [1.54, 1.807) is 12.3 Å². The minimum Gasteiger partial charge on any atom is -0.337 e. The lowest BCUT2D eigenvalue weighted by Crippen LogP contribution is -2.27. The minimum absolute atomic E-state index is 0.107. The van der Waals surface area contributed by atoms with Crippen molar-refractivity contribution in [2.75, 3.05) is 6.54 Å². The van der Waals surface area contributed by atoms with Crippen molar-refractivity contribution < 1.29 is 4.39 Å². The topological polar surface area (TPSA) is 29.9 Å². The third-order valence-corrected chi connectivity index (χ3v) is 3.55. The van der Waals surface area contributed by atoms with Crippen LogP contribution in [-0.4, -0.2) is 16.1 Å². The van der Waals surface area contributed by atoms with Gasteiger partial charge in [-0.05, 0) is 49.6 Å². The Labute approximate surface area is 119 Å². The molecule has 0 saturated carbocycles. The minimum atomic E-state index is -0.181. The molecule has 0 saturated heterocycles. The number of nitrogens with one attached hydrogen (secondary N) is 1. The maximum atomic E-state index is 13.4. The van der Waals surface area contributed by atoms with Gasteiger partial charge in [-0.2, -0.15) is 0 Å². The van der Waals surface area contributed by atoms with Crippen molar-refractivity contribution >= 4 is 0 Å². The highest BCUT2D eigenvalue weighted by Gasteiger charge is 2.17. The Kier molecular flexibility index (Phi) is 4.90. The number of nitrogens with zero attached hydrogens (tertiary/aromatic N) is 2. The molecule has 0 spiro atoms. The summed E-state index contributed by atoms with van der Waals surface area (Å²) in [4.78, 5) is 4.42. The van der Waals surface area contributed by atoms with Crippen LogP contribution in [0.25, 0.3) is 0 Å². The van der Waals surface area contributed by atoms with Crippen LogP contribution in [0, 0.1) is 12.7 Å². The fourth-order valence-electron chi connectivity index (χ4n) is 2.37. The molecular formula is C16H22FN3. The molecule has 0 amide bonds. The number of hydrogen-bond donors (Lipinski definition) is 1. The van der Waals surface area contributed by atoms with Gasteiger partial charge in [0.25, 0.3) is 0 Å². The van der Waals surface area contributed by atoms with E-state index in [-0.39, 0.29) is 11.9 Å². The molecule has 20 heavy (non-hydrogen) atoms. The van der Waals surface area contributed by atoms with Gasteiger partial charge >= 0.3 is 0 Å². The van der Waals surface area contributed by atoms with E-state index in [4.69, 9.17) is 0 Å². The lowest BCUT2D eigenvalue weighted by Gasteiger charge is -2.19. The quantitative estimate of drug-likeness (QED) is 0.877. The maximum Gasteiger partial charge on any atom is 0.125 e. The predicted molar refractivity (Wildman–Crippen MR) is 79.1 cm³/mol. The molecular weight excluding hydrogens is 253 g/mol. The van der Waals surface area contributed by atoms with Crippen molar-refractivity contribution in [3.8, 4) is 0 Å². The zero-order valence-electron chi connectivity index (χ0n) is 12.4. The first-order valence-corrected chi connectivity index (χ1v) is 7.07. The number of aryl methyl sites for hydroxylation is 2. The van der Waals surface area contributed by atoms with Crippen LogP contribution in [0.5, 0.6) is 0 Å². The molecule has 0 radical (unpaired) electrons. The molecule has 0 aliphatic carbocycles. The first-order valence-electron chi connectivity index (χ1n) is 7.07. The van der Waals surface area contributed by atoms with E-state index in [0.717, 1.165) is 36.3 Å². The van der Waals surface area contributed by atoms with E-state index in [2.05, 4.69) is 17.2 Å². The van der Waals surface area contributed by atoms with Gasteiger partial charge in [-0.25, -0.2) is 9.37 Å². The number of imidazole rings is 1. The summed E-state index contributed by atoms with van der Waals surface area (Å²) in [6.07, 6.45) is 5.54. The van der Waals surface area contributed by atoms with Gasteiger partial charge in [0.15, 0.2) is 0 Å². The van der Waals surface area contributed by atoms with E-state index >= 15 is 0 Å². The number of aromatic nitrogens is 2. The maximum absolute atomic E-state index is 13.4. The molecule has 4 heteroatoms. The largest absolute Gasteiger partial charge is 0.337 e. The molecule has 1 aromatic carbocycles. The summed E-state index contributed by atoms with van der Waals surface area (Å²) in [7, 11) is 1.99. The molecule has 3 nitrogen and oxygen atoms in total. The van der Waals surface area contributed by atoms with Gasteiger partial charge in [-0.3, -0.25) is 0 Å². The molecule has 1 unspecified atom stereocenters. The molecule has 2 aromatic rings. The van der Waals surface area contributed by atoms with Crippen LogP contribution in [0.2, 0.25) is 0 Å². The van der Waals surface area contributed by atoms with Crippen molar-refractivity contribution in [2.24, 2.45) is 7.05 Å². The number of benzene rings is 1. The molecule has 1 heterocycles. The molecule has 0 aliphatic rings. The van der Waals surface area contributed by atoms with Gasteiger partial charge in [-0.15, -0.1) is 0 Å². The van der Waals surface area contributed by atoms with E-state index in [9.17, 15) is 4.39 Å². The second kappa shape index (κ2) is 6.66. The summed E-state index contributed by atoms with van der Waals surface area (Å²) < 4.78 is 15.4. The summed E-state index contributed by atoms with van der Waals surface area (Å²) >= 11 is 0. The number of halogens is 1. The third kappa shape index (κ3) is 3.45. The highest BCUT2D eigenvalue weighted by molar-refractivity contribution is 5.28. The van der Waals surface area contributed by atoms with Crippen LogP contribution in [-0.2, 0) is 13.5 Å². The van der Waals surface area contributed by atoms with Crippen LogP contribution >= 0.6 is 0 Å². The monoisotopic (exact) mass is 275 g/mol. The van der Waals surface area contributed by atoms with Crippen LogP contribution in [0.4, 0.5) is 4.39 Å². The molecule has 108 valence electrons. The third-order valence-electron chi connectivity index (χ3n) is 3.55. The highest BCUT2D eigenvalue weighted by Crippen LogP contribution is 2.20. The van der Waals surface area contributed by atoms with E-state index in [1.165, 1.54) is 6.07 Å². The first kappa shape index (κ1) is 14.7. The van der Waals surface area contributed by atoms with Crippen LogP contribution in [0.1, 0.15) is 36.3 Å². The zero-order valence-corrected chi connectivity index (χ0v) is 12.4. The van der Waals surface area contributed by atoms with Crippen molar-refractivity contribution in [1.82, 2.24) is 14.9 Å². The molecule has 1 aromatic heterocycles. The standard InChI is InChI=1S/C16H22FN3/c1-4-7-18-15(16-19-8-9-20(16)3)11-13-10-14(17)6-5-12(13)2/h5-6,8-10,15,18H,4,7,11H2,1-3H3. The first-order chi connectivity index (χ1) is 9.61. The Morgan fingerprint density at radius 2 is 2.20 bits per heavy atom. The summed E-state index contributed by atoms with van der Waals surface area (Å²) in [5.74, 6) is 0.807. The van der Waals surface area contributed by atoms with Crippen LogP contribution in [0.15, 0.2) is 30.6 Å². The molecule has 1 N–H and O–H groups in total. The summed E-state index contributed by atoms with van der Waals surface area (Å²) in [6, 6.07) is 5.07. The second-order valence-corrected chi connectivity index (χ2v) is 5.18. The van der Waals surface area contributed by atoms with Gasteiger partial charge in [0.1, 0.15) is 11.6 Å². The molecule has 1 atom stereocenters. The Hall–Kier alpha value is -1.68. The van der Waals surface area contributed by atoms with E-state index in [0.29, 0.717) is 0 Å². The summed E-state index contributed by atoms with van der Waals surface area (Å²) in [5, 5.41) is 3.50. The predicted octanol–water partition coefficient (Wildman–Crippen LogP) is 3.15. The average molecular weight is 275 g/mol. The van der Waals surface area contributed by atoms with Gasteiger partial charge in [0, 0.05) is 19.4 Å². The Balaban J connectivity index is 2.23. The molecule has 0 aliphatic heterocycles. The fourth-order valence-corrected chi connectivity index (χ4v) is 2.37. The average Bonchev–Trinajstić information content (AvgIpc) is 2.84. The highest BCUT2D eigenvalue weighted by atomic mass is 19.1. The van der Waals surface area contributed by atoms with Crippen molar-refractivity contribution in [3.63, 3.8) is 0 Å². The Morgan fingerprint density at radius 1 is 1.40 bits per heavy atom. The fraction of sp³-hybridized carbons (Fsp3) is 0.438. The lowest BCUT2D eigenvalue weighted by atomic mass is 10.00. The molecule has 0 fully saturated rings. The normalized spacial score (nSPS) is 12.6. The van der Waals surface area contributed by atoms with Gasteiger partial charge in [0.05, 0.1) is 6.04 Å². The summed E-state index contributed by atoms with van der Waals surface area (Å²) in [6.45, 7) is 5.08. The summed E-state index contributed by atoms with van der Waals surface area (Å²) in [5.41, 5.74) is 2.14. The van der Waals surface area contributed by atoms with Gasteiger partial charge in [0.2, 0.25) is 0 Å². The lowest BCUT2D eigenvalue weighted by molar-refractivity contribution is 0.489. The molecule has 2 rings (SSSR count). The van der Waals surface area contributed by atoms with Crippen molar-refractivity contribution in [2.45, 2.75) is 32.7 Å². The number of rotatable bonds is 6. The van der Waals surface area contributed by atoms with Crippen LogP contribution in [0.3, 0.4) is 0 Å². The van der Waals surface area contributed by atoms with Crippen molar-refractivity contribution in [1.29, 1.82) is 0 Å².